The summed E-state index contributed by atoms with van der Waals surface area (Å²) in [4.78, 5) is 2.70. The molecule has 2 unspecified atom stereocenters. The van der Waals surface area contributed by atoms with E-state index in [0.29, 0.717) is 0 Å². The van der Waals surface area contributed by atoms with Crippen molar-refractivity contribution in [3.8, 4) is 0 Å². The highest BCUT2D eigenvalue weighted by molar-refractivity contribution is 4.90. The van der Waals surface area contributed by atoms with Crippen LogP contribution in [0.2, 0.25) is 0 Å². The van der Waals surface area contributed by atoms with Gasteiger partial charge in [-0.2, -0.15) is 0 Å². The Labute approximate surface area is 87.8 Å². The summed E-state index contributed by atoms with van der Waals surface area (Å²) in [7, 11) is 0. The van der Waals surface area contributed by atoms with Gasteiger partial charge in [-0.05, 0) is 57.2 Å². The lowest BCUT2D eigenvalue weighted by molar-refractivity contribution is 0.0376. The maximum atomic E-state index is 5.76. The molecule has 14 heavy (non-hydrogen) atoms. The van der Waals surface area contributed by atoms with Gasteiger partial charge in [-0.25, -0.2) is 0 Å². The van der Waals surface area contributed by atoms with Gasteiger partial charge >= 0.3 is 0 Å². The first-order chi connectivity index (χ1) is 6.85. The van der Waals surface area contributed by atoms with E-state index in [-0.39, 0.29) is 0 Å². The van der Waals surface area contributed by atoms with Crippen LogP contribution in [0, 0.1) is 11.8 Å². The van der Waals surface area contributed by atoms with Crippen LogP contribution >= 0.6 is 0 Å². The highest BCUT2D eigenvalue weighted by Gasteiger charge is 2.35. The van der Waals surface area contributed by atoms with Crippen molar-refractivity contribution in [2.75, 3.05) is 19.6 Å². The highest BCUT2D eigenvalue weighted by Crippen LogP contribution is 2.34. The molecule has 2 aliphatic rings. The largest absolute Gasteiger partial charge is 0.330 e. The number of hydrogen-bond acceptors (Lipinski definition) is 2. The molecule has 2 rings (SSSR count). The zero-order valence-corrected chi connectivity index (χ0v) is 9.41. The molecule has 2 nitrogen and oxygen atoms in total. The van der Waals surface area contributed by atoms with Crippen LogP contribution in [0.15, 0.2) is 0 Å². The van der Waals surface area contributed by atoms with Crippen LogP contribution in [-0.2, 0) is 0 Å². The Hall–Kier alpha value is -0.0800. The predicted molar refractivity (Wildman–Crippen MR) is 60.2 cm³/mol. The number of piperidine rings is 1. The van der Waals surface area contributed by atoms with E-state index in [1.807, 2.05) is 0 Å². The van der Waals surface area contributed by atoms with Crippen molar-refractivity contribution in [3.05, 3.63) is 0 Å². The zero-order valence-electron chi connectivity index (χ0n) is 9.41. The van der Waals surface area contributed by atoms with Gasteiger partial charge in [-0.15, -0.1) is 0 Å². The Morgan fingerprint density at radius 2 is 1.86 bits per heavy atom. The molecule has 0 aromatic rings. The van der Waals surface area contributed by atoms with E-state index in [1.165, 1.54) is 45.2 Å². The fourth-order valence-electron chi connectivity index (χ4n) is 3.00. The van der Waals surface area contributed by atoms with Crippen molar-refractivity contribution in [1.82, 2.24) is 4.90 Å². The number of rotatable bonds is 3. The summed E-state index contributed by atoms with van der Waals surface area (Å²) in [6, 6.07) is 0.845. The number of nitrogens with two attached hydrogens (primary N) is 1. The molecule has 2 N–H and O–H groups in total. The van der Waals surface area contributed by atoms with Crippen LogP contribution in [0.4, 0.5) is 0 Å². The van der Waals surface area contributed by atoms with Gasteiger partial charge in [0, 0.05) is 6.04 Å². The molecule has 0 aromatic heterocycles. The van der Waals surface area contributed by atoms with Crippen LogP contribution < -0.4 is 5.73 Å². The van der Waals surface area contributed by atoms with Crippen molar-refractivity contribution in [3.63, 3.8) is 0 Å². The van der Waals surface area contributed by atoms with Crippen LogP contribution in [0.25, 0.3) is 0 Å². The molecule has 0 aromatic carbocycles. The van der Waals surface area contributed by atoms with Crippen LogP contribution in [0.5, 0.6) is 0 Å². The zero-order chi connectivity index (χ0) is 9.97. The van der Waals surface area contributed by atoms with Crippen molar-refractivity contribution in [2.24, 2.45) is 17.6 Å². The van der Waals surface area contributed by atoms with Crippen LogP contribution in [0.3, 0.4) is 0 Å². The first-order valence-electron chi connectivity index (χ1n) is 6.29. The second-order valence-electron chi connectivity index (χ2n) is 5.03. The first-order valence-corrected chi connectivity index (χ1v) is 6.29. The standard InChI is InChI=1S/C12H24N2/c1-2-10-5-7-14(8-6-10)12-4-3-11(12)9-13/h10-12H,2-9,13H2,1H3. The second kappa shape index (κ2) is 4.63. The molecule has 1 heterocycles. The smallest absolute Gasteiger partial charge is 0.0136 e. The average molecular weight is 196 g/mol. The molecule has 0 radical (unpaired) electrons. The fourth-order valence-corrected chi connectivity index (χ4v) is 3.00. The normalized spacial score (nSPS) is 35.6. The lowest BCUT2D eigenvalue weighted by Crippen LogP contribution is -2.52. The SMILES string of the molecule is CCC1CCN(C2CCC2CN)CC1. The molecular formula is C12H24N2. The third kappa shape index (κ3) is 1.96. The van der Waals surface area contributed by atoms with Crippen LogP contribution in [0.1, 0.15) is 39.0 Å². The van der Waals surface area contributed by atoms with E-state index in [0.717, 1.165) is 24.4 Å². The molecule has 0 amide bonds. The minimum Gasteiger partial charge on any atom is -0.330 e. The van der Waals surface area contributed by atoms with Gasteiger partial charge in [-0.3, -0.25) is 0 Å². The third-order valence-electron chi connectivity index (χ3n) is 4.38. The molecule has 2 fully saturated rings. The molecule has 1 aliphatic heterocycles. The van der Waals surface area contributed by atoms with E-state index in [2.05, 4.69) is 11.8 Å². The summed E-state index contributed by atoms with van der Waals surface area (Å²) in [5.74, 6) is 1.82. The Bertz CT molecular complexity index is 171. The van der Waals surface area contributed by atoms with Gasteiger partial charge in [0.15, 0.2) is 0 Å². The molecule has 0 bridgehead atoms. The number of hydrogen-bond donors (Lipinski definition) is 1. The highest BCUT2D eigenvalue weighted by atomic mass is 15.2. The lowest BCUT2D eigenvalue weighted by Gasteiger charge is -2.46. The molecule has 82 valence electrons. The predicted octanol–water partition coefficient (Wildman–Crippen LogP) is 1.85. The Balaban J connectivity index is 1.77. The van der Waals surface area contributed by atoms with Crippen molar-refractivity contribution >= 4 is 0 Å². The average Bonchev–Trinajstić information content (AvgIpc) is 2.18. The first kappa shape index (κ1) is 10.4. The second-order valence-corrected chi connectivity index (χ2v) is 5.03. The maximum Gasteiger partial charge on any atom is 0.0136 e. The van der Waals surface area contributed by atoms with Crippen molar-refractivity contribution < 1.29 is 0 Å². The van der Waals surface area contributed by atoms with Gasteiger partial charge in [0.05, 0.1) is 0 Å². The lowest BCUT2D eigenvalue weighted by atomic mass is 9.77. The van der Waals surface area contributed by atoms with E-state index in [1.54, 1.807) is 0 Å². The molecule has 2 heteroatoms. The molecule has 0 spiro atoms. The molecule has 1 aliphatic carbocycles. The molecule has 1 saturated heterocycles. The van der Waals surface area contributed by atoms with Gasteiger partial charge in [0.25, 0.3) is 0 Å². The summed E-state index contributed by atoms with van der Waals surface area (Å²) in [5.41, 5.74) is 5.76. The monoisotopic (exact) mass is 196 g/mol. The Morgan fingerprint density at radius 1 is 1.14 bits per heavy atom. The molecule has 1 saturated carbocycles. The Kier molecular flexibility index (Phi) is 3.45. The van der Waals surface area contributed by atoms with E-state index >= 15 is 0 Å². The van der Waals surface area contributed by atoms with Crippen molar-refractivity contribution in [1.29, 1.82) is 0 Å². The van der Waals surface area contributed by atoms with E-state index in [4.69, 9.17) is 5.73 Å². The van der Waals surface area contributed by atoms with Gasteiger partial charge in [-0.1, -0.05) is 13.3 Å². The molecule has 2 atom stereocenters. The van der Waals surface area contributed by atoms with Gasteiger partial charge in [0.1, 0.15) is 0 Å². The van der Waals surface area contributed by atoms with Crippen molar-refractivity contribution in [2.45, 2.75) is 45.1 Å². The fraction of sp³-hybridized carbons (Fsp3) is 1.00. The summed E-state index contributed by atoms with van der Waals surface area (Å²) in [6.45, 7) is 5.89. The topological polar surface area (TPSA) is 29.3 Å². The van der Waals surface area contributed by atoms with E-state index < -0.39 is 0 Å². The summed E-state index contributed by atoms with van der Waals surface area (Å²) >= 11 is 0. The summed E-state index contributed by atoms with van der Waals surface area (Å²) in [5, 5.41) is 0. The van der Waals surface area contributed by atoms with E-state index in [9.17, 15) is 0 Å². The Morgan fingerprint density at radius 3 is 2.29 bits per heavy atom. The minimum absolute atomic E-state index is 0.813. The molecular weight excluding hydrogens is 172 g/mol. The number of likely N-dealkylation sites (tertiary alicyclic amines) is 1. The number of nitrogens with zero attached hydrogens (tertiary/aromatic N) is 1. The maximum absolute atomic E-state index is 5.76. The third-order valence-corrected chi connectivity index (χ3v) is 4.38. The van der Waals surface area contributed by atoms with Gasteiger partial charge in [0.2, 0.25) is 0 Å². The minimum atomic E-state index is 0.813. The summed E-state index contributed by atoms with van der Waals surface area (Å²) in [6.07, 6.45) is 6.99. The van der Waals surface area contributed by atoms with Crippen LogP contribution in [-0.4, -0.2) is 30.6 Å². The quantitative estimate of drug-likeness (QED) is 0.746. The summed E-state index contributed by atoms with van der Waals surface area (Å²) < 4.78 is 0. The van der Waals surface area contributed by atoms with Gasteiger partial charge < -0.3 is 10.6 Å².